The van der Waals surface area contributed by atoms with Crippen LogP contribution in [0.2, 0.25) is 0 Å². The SMILES string of the molecule is CCOC(=O)CN1C(=O)c2ccc(Oc3ccc4oc(N(C)C)nc4c3)cc2C1=O. The van der Waals surface area contributed by atoms with Crippen LogP contribution in [-0.4, -0.2) is 54.9 Å². The Bertz CT molecular complexity index is 1170. The molecule has 1 aromatic heterocycles. The van der Waals surface area contributed by atoms with Crippen LogP contribution in [0.1, 0.15) is 27.6 Å². The van der Waals surface area contributed by atoms with E-state index in [9.17, 15) is 14.4 Å². The third-order valence-corrected chi connectivity index (χ3v) is 4.50. The number of benzene rings is 2. The van der Waals surface area contributed by atoms with Gasteiger partial charge in [0.25, 0.3) is 17.8 Å². The van der Waals surface area contributed by atoms with Crippen LogP contribution in [0.15, 0.2) is 40.8 Å². The van der Waals surface area contributed by atoms with E-state index in [1.807, 2.05) is 14.1 Å². The summed E-state index contributed by atoms with van der Waals surface area (Å²) in [6.45, 7) is 1.40. The number of hydrogen-bond acceptors (Lipinski definition) is 8. The molecule has 0 saturated carbocycles. The molecule has 1 aliphatic heterocycles. The molecule has 0 unspecified atom stereocenters. The van der Waals surface area contributed by atoms with Crippen LogP contribution < -0.4 is 9.64 Å². The van der Waals surface area contributed by atoms with Crippen LogP contribution >= 0.6 is 0 Å². The van der Waals surface area contributed by atoms with Crippen LogP contribution in [0.3, 0.4) is 0 Å². The molecule has 2 aromatic carbocycles. The minimum absolute atomic E-state index is 0.173. The zero-order valence-electron chi connectivity index (χ0n) is 16.7. The van der Waals surface area contributed by atoms with Gasteiger partial charge in [0.1, 0.15) is 23.6 Å². The number of amides is 2. The second-order valence-corrected chi connectivity index (χ2v) is 6.83. The van der Waals surface area contributed by atoms with Crippen molar-refractivity contribution < 1.29 is 28.3 Å². The quantitative estimate of drug-likeness (QED) is 0.452. The van der Waals surface area contributed by atoms with E-state index in [0.29, 0.717) is 28.6 Å². The van der Waals surface area contributed by atoms with Gasteiger partial charge in [-0.05, 0) is 37.3 Å². The van der Waals surface area contributed by atoms with Crippen molar-refractivity contribution in [2.45, 2.75) is 6.92 Å². The highest BCUT2D eigenvalue weighted by molar-refractivity contribution is 6.22. The number of ether oxygens (including phenoxy) is 2. The lowest BCUT2D eigenvalue weighted by Gasteiger charge is -2.12. The number of anilines is 1. The zero-order valence-corrected chi connectivity index (χ0v) is 16.7. The topological polar surface area (TPSA) is 102 Å². The number of carbonyl (C=O) groups is 3. The average molecular weight is 409 g/mol. The summed E-state index contributed by atoms with van der Waals surface area (Å²) in [5.74, 6) is -0.850. The minimum atomic E-state index is -0.638. The molecule has 4 rings (SSSR count). The van der Waals surface area contributed by atoms with Gasteiger partial charge in [0.15, 0.2) is 5.58 Å². The largest absolute Gasteiger partial charge is 0.465 e. The summed E-state index contributed by atoms with van der Waals surface area (Å²) in [6, 6.07) is 10.3. The van der Waals surface area contributed by atoms with Crippen molar-refractivity contribution in [2.75, 3.05) is 32.1 Å². The monoisotopic (exact) mass is 409 g/mol. The standard InChI is InChI=1S/C21H19N3O6/c1-4-28-18(25)11-24-19(26)14-7-5-12(9-15(14)20(24)27)29-13-6-8-17-16(10-13)22-21(30-17)23(2)3/h5-10H,4,11H2,1-3H3. The van der Waals surface area contributed by atoms with Gasteiger partial charge in [0, 0.05) is 20.2 Å². The molecular weight excluding hydrogens is 390 g/mol. The Morgan fingerprint density at radius 3 is 2.50 bits per heavy atom. The van der Waals surface area contributed by atoms with Crippen molar-refractivity contribution in [2.24, 2.45) is 0 Å². The summed E-state index contributed by atoms with van der Waals surface area (Å²) in [7, 11) is 3.66. The molecule has 0 radical (unpaired) electrons. The van der Waals surface area contributed by atoms with E-state index in [2.05, 4.69) is 4.98 Å². The van der Waals surface area contributed by atoms with Crippen molar-refractivity contribution in [3.8, 4) is 11.5 Å². The van der Waals surface area contributed by atoms with Gasteiger partial charge < -0.3 is 18.8 Å². The number of imide groups is 1. The summed E-state index contributed by atoms with van der Waals surface area (Å²) in [5, 5.41) is 0. The Hall–Kier alpha value is -3.88. The highest BCUT2D eigenvalue weighted by atomic mass is 16.5. The first-order valence-corrected chi connectivity index (χ1v) is 9.29. The van der Waals surface area contributed by atoms with Gasteiger partial charge in [0.2, 0.25) is 0 Å². The molecule has 0 saturated heterocycles. The molecule has 1 aliphatic rings. The number of hydrogen-bond donors (Lipinski definition) is 0. The molecule has 0 fully saturated rings. The predicted octanol–water partition coefficient (Wildman–Crippen LogP) is 2.85. The average Bonchev–Trinajstić information content (AvgIpc) is 3.23. The maximum absolute atomic E-state index is 12.6. The van der Waals surface area contributed by atoms with Crippen LogP contribution in [0, 0.1) is 0 Å². The molecule has 154 valence electrons. The maximum atomic E-state index is 12.6. The predicted molar refractivity (Wildman–Crippen MR) is 107 cm³/mol. The maximum Gasteiger partial charge on any atom is 0.326 e. The molecule has 3 aromatic rings. The van der Waals surface area contributed by atoms with Gasteiger partial charge in [-0.25, -0.2) is 0 Å². The number of rotatable bonds is 6. The second-order valence-electron chi connectivity index (χ2n) is 6.83. The van der Waals surface area contributed by atoms with Crippen molar-refractivity contribution in [3.05, 3.63) is 47.5 Å². The number of nitrogens with zero attached hydrogens (tertiary/aromatic N) is 3. The van der Waals surface area contributed by atoms with Gasteiger partial charge in [-0.3, -0.25) is 19.3 Å². The first kappa shape index (κ1) is 19.4. The fourth-order valence-electron chi connectivity index (χ4n) is 3.10. The Kier molecular flexibility index (Phi) is 4.86. The number of fused-ring (bicyclic) bond motifs is 2. The van der Waals surface area contributed by atoms with E-state index in [-0.39, 0.29) is 17.7 Å². The second kappa shape index (κ2) is 7.51. The van der Waals surface area contributed by atoms with Gasteiger partial charge in [-0.1, -0.05) is 0 Å². The molecule has 0 bridgehead atoms. The minimum Gasteiger partial charge on any atom is -0.465 e. The lowest BCUT2D eigenvalue weighted by Crippen LogP contribution is -2.35. The van der Waals surface area contributed by atoms with Gasteiger partial charge in [-0.15, -0.1) is 0 Å². The van der Waals surface area contributed by atoms with Crippen LogP contribution in [0.5, 0.6) is 11.5 Å². The number of carbonyl (C=O) groups excluding carboxylic acids is 3. The van der Waals surface area contributed by atoms with Crippen LogP contribution in [0.25, 0.3) is 11.1 Å². The van der Waals surface area contributed by atoms with Gasteiger partial charge in [-0.2, -0.15) is 4.98 Å². The Morgan fingerprint density at radius 1 is 1.07 bits per heavy atom. The first-order valence-electron chi connectivity index (χ1n) is 9.29. The summed E-state index contributed by atoms with van der Waals surface area (Å²) >= 11 is 0. The van der Waals surface area contributed by atoms with Crippen LogP contribution in [-0.2, 0) is 9.53 Å². The highest BCUT2D eigenvalue weighted by Gasteiger charge is 2.37. The molecule has 0 aliphatic carbocycles. The normalized spacial score (nSPS) is 13.0. The summed E-state index contributed by atoms with van der Waals surface area (Å²) < 4.78 is 16.3. The molecule has 2 heterocycles. The molecule has 9 heteroatoms. The summed E-state index contributed by atoms with van der Waals surface area (Å²) in [4.78, 5) is 43.8. The van der Waals surface area contributed by atoms with E-state index in [0.717, 1.165) is 4.90 Å². The number of esters is 1. The Balaban J connectivity index is 1.56. The Morgan fingerprint density at radius 2 is 1.77 bits per heavy atom. The molecule has 0 spiro atoms. The summed E-state index contributed by atoms with van der Waals surface area (Å²) in [5.41, 5.74) is 1.65. The van der Waals surface area contributed by atoms with Crippen LogP contribution in [0.4, 0.5) is 6.01 Å². The zero-order chi connectivity index (χ0) is 21.4. The van der Waals surface area contributed by atoms with E-state index in [1.165, 1.54) is 12.1 Å². The number of oxazole rings is 1. The summed E-state index contributed by atoms with van der Waals surface area (Å²) in [6.07, 6.45) is 0. The third kappa shape index (κ3) is 3.45. The van der Waals surface area contributed by atoms with Crippen molar-refractivity contribution >= 4 is 34.9 Å². The third-order valence-electron chi connectivity index (χ3n) is 4.50. The Labute approximate surface area is 171 Å². The smallest absolute Gasteiger partial charge is 0.326 e. The van der Waals surface area contributed by atoms with E-state index >= 15 is 0 Å². The molecule has 9 nitrogen and oxygen atoms in total. The molecule has 30 heavy (non-hydrogen) atoms. The van der Waals surface area contributed by atoms with E-state index in [1.54, 1.807) is 36.1 Å². The highest BCUT2D eigenvalue weighted by Crippen LogP contribution is 2.31. The molecule has 0 atom stereocenters. The van der Waals surface area contributed by atoms with Gasteiger partial charge in [0.05, 0.1) is 17.7 Å². The molecular formula is C21H19N3O6. The fourth-order valence-corrected chi connectivity index (χ4v) is 3.10. The van der Waals surface area contributed by atoms with Crippen molar-refractivity contribution in [3.63, 3.8) is 0 Å². The van der Waals surface area contributed by atoms with E-state index < -0.39 is 24.3 Å². The lowest BCUT2D eigenvalue weighted by atomic mass is 10.1. The van der Waals surface area contributed by atoms with Crippen molar-refractivity contribution in [1.82, 2.24) is 9.88 Å². The first-order chi connectivity index (χ1) is 14.4. The molecule has 2 amide bonds. The van der Waals surface area contributed by atoms with Crippen molar-refractivity contribution in [1.29, 1.82) is 0 Å². The molecule has 0 N–H and O–H groups in total. The van der Waals surface area contributed by atoms with E-state index in [4.69, 9.17) is 13.9 Å². The fraction of sp³-hybridized carbons (Fsp3) is 0.238. The lowest BCUT2D eigenvalue weighted by molar-refractivity contribution is -0.143. The number of aromatic nitrogens is 1. The van der Waals surface area contributed by atoms with Gasteiger partial charge >= 0.3 is 5.97 Å².